The monoisotopic (exact) mass is 194 g/mol. The topological polar surface area (TPSA) is 44.1 Å². The molecule has 2 unspecified atom stereocenters. The van der Waals surface area contributed by atoms with Gasteiger partial charge in [0, 0.05) is 12.5 Å². The molecule has 1 fully saturated rings. The third kappa shape index (κ3) is 2.06. The van der Waals surface area contributed by atoms with E-state index in [4.69, 9.17) is 5.26 Å². The number of rotatable bonds is 3. The predicted molar refractivity (Wildman–Crippen MR) is 54.4 cm³/mol. The lowest BCUT2D eigenvalue weighted by molar-refractivity contribution is -0.140. The van der Waals surface area contributed by atoms with Gasteiger partial charge in [-0.25, -0.2) is 0 Å². The molecule has 78 valence electrons. The number of carbonyl (C=O) groups excluding carboxylic acids is 1. The Hall–Kier alpha value is -1.04. The Morgan fingerprint density at radius 1 is 1.64 bits per heavy atom. The zero-order valence-electron chi connectivity index (χ0n) is 8.99. The molecule has 0 bridgehead atoms. The molecule has 3 nitrogen and oxygen atoms in total. The van der Waals surface area contributed by atoms with Crippen LogP contribution < -0.4 is 0 Å². The van der Waals surface area contributed by atoms with E-state index in [1.165, 1.54) is 0 Å². The van der Waals surface area contributed by atoms with Crippen molar-refractivity contribution < 1.29 is 4.79 Å². The Morgan fingerprint density at radius 2 is 2.36 bits per heavy atom. The highest BCUT2D eigenvalue weighted by atomic mass is 16.2. The van der Waals surface area contributed by atoms with Gasteiger partial charge in [-0.15, -0.1) is 0 Å². The van der Waals surface area contributed by atoms with E-state index in [-0.39, 0.29) is 17.9 Å². The largest absolute Gasteiger partial charge is 0.326 e. The van der Waals surface area contributed by atoms with Crippen LogP contribution in [0.15, 0.2) is 0 Å². The fourth-order valence-corrected chi connectivity index (χ4v) is 2.05. The maximum absolute atomic E-state index is 11.9. The van der Waals surface area contributed by atoms with E-state index in [0.29, 0.717) is 0 Å². The van der Waals surface area contributed by atoms with Gasteiger partial charge in [0.1, 0.15) is 6.04 Å². The van der Waals surface area contributed by atoms with Crippen LogP contribution >= 0.6 is 0 Å². The number of nitriles is 1. The number of hydrogen-bond donors (Lipinski definition) is 0. The van der Waals surface area contributed by atoms with Gasteiger partial charge in [0.15, 0.2) is 0 Å². The molecule has 0 N–H and O–H groups in total. The Morgan fingerprint density at radius 3 is 2.86 bits per heavy atom. The molecular weight excluding hydrogens is 176 g/mol. The molecule has 1 amide bonds. The highest BCUT2D eigenvalue weighted by Crippen LogP contribution is 2.23. The Balaban J connectivity index is 2.69. The van der Waals surface area contributed by atoms with E-state index in [2.05, 4.69) is 6.07 Å². The third-order valence-electron chi connectivity index (χ3n) is 2.99. The van der Waals surface area contributed by atoms with Gasteiger partial charge in [0.2, 0.25) is 5.91 Å². The second-order valence-corrected chi connectivity index (χ2v) is 3.83. The normalized spacial score (nSPS) is 24.5. The highest BCUT2D eigenvalue weighted by molar-refractivity contribution is 5.80. The zero-order valence-corrected chi connectivity index (χ0v) is 8.99. The number of likely N-dealkylation sites (tertiary alicyclic amines) is 1. The summed E-state index contributed by atoms with van der Waals surface area (Å²) in [5, 5.41) is 8.91. The van der Waals surface area contributed by atoms with Crippen molar-refractivity contribution in [3.63, 3.8) is 0 Å². The quantitative estimate of drug-likeness (QED) is 0.689. The van der Waals surface area contributed by atoms with Crippen LogP contribution in [0.1, 0.15) is 39.5 Å². The van der Waals surface area contributed by atoms with Crippen LogP contribution in [-0.2, 0) is 4.79 Å². The molecule has 0 saturated carbocycles. The smallest absolute Gasteiger partial charge is 0.226 e. The molecule has 1 heterocycles. The second kappa shape index (κ2) is 4.99. The van der Waals surface area contributed by atoms with Crippen LogP contribution in [0.5, 0.6) is 0 Å². The minimum absolute atomic E-state index is 0.158. The summed E-state index contributed by atoms with van der Waals surface area (Å²) >= 11 is 0. The van der Waals surface area contributed by atoms with Gasteiger partial charge in [-0.2, -0.15) is 5.26 Å². The highest BCUT2D eigenvalue weighted by Gasteiger charge is 2.31. The lowest BCUT2D eigenvalue weighted by Crippen LogP contribution is -2.46. The average molecular weight is 194 g/mol. The number of piperidine rings is 1. The average Bonchev–Trinajstić information content (AvgIpc) is 2.22. The van der Waals surface area contributed by atoms with E-state index in [1.54, 1.807) is 4.90 Å². The van der Waals surface area contributed by atoms with Crippen LogP contribution in [0.3, 0.4) is 0 Å². The molecule has 0 radical (unpaired) electrons. The van der Waals surface area contributed by atoms with Crippen molar-refractivity contribution in [1.29, 1.82) is 5.26 Å². The summed E-state index contributed by atoms with van der Waals surface area (Å²) in [5.41, 5.74) is 0. The van der Waals surface area contributed by atoms with Crippen LogP contribution in [0.4, 0.5) is 0 Å². The lowest BCUT2D eigenvalue weighted by atomic mass is 9.93. The fourth-order valence-electron chi connectivity index (χ4n) is 2.05. The van der Waals surface area contributed by atoms with Crippen molar-refractivity contribution in [1.82, 2.24) is 4.90 Å². The predicted octanol–water partition coefficient (Wildman–Crippen LogP) is 1.94. The van der Waals surface area contributed by atoms with Crippen molar-refractivity contribution in [3.8, 4) is 6.07 Å². The molecule has 0 aromatic rings. The van der Waals surface area contributed by atoms with Gasteiger partial charge >= 0.3 is 0 Å². The van der Waals surface area contributed by atoms with Crippen molar-refractivity contribution in [3.05, 3.63) is 0 Å². The van der Waals surface area contributed by atoms with Crippen molar-refractivity contribution in [2.75, 3.05) is 6.54 Å². The number of nitrogens with zero attached hydrogens (tertiary/aromatic N) is 2. The van der Waals surface area contributed by atoms with Gasteiger partial charge in [0.25, 0.3) is 0 Å². The first kappa shape index (κ1) is 11.0. The molecule has 1 rings (SSSR count). The summed E-state index contributed by atoms with van der Waals surface area (Å²) in [6.07, 6.45) is 3.67. The SMILES string of the molecule is CCC1CCCN(C(C#N)CC)C1=O. The molecule has 1 aliphatic heterocycles. The standard InChI is InChI=1S/C11H18N2O/c1-3-9-6-5-7-13(11(9)14)10(4-2)8-12/h9-10H,3-7H2,1-2H3. The summed E-state index contributed by atoms with van der Waals surface area (Å²) < 4.78 is 0. The first-order valence-electron chi connectivity index (χ1n) is 5.44. The van der Waals surface area contributed by atoms with E-state index >= 15 is 0 Å². The van der Waals surface area contributed by atoms with Crippen LogP contribution in [0, 0.1) is 17.2 Å². The molecule has 0 aliphatic carbocycles. The number of amides is 1. The first-order valence-corrected chi connectivity index (χ1v) is 5.44. The minimum Gasteiger partial charge on any atom is -0.326 e. The number of hydrogen-bond acceptors (Lipinski definition) is 2. The molecule has 14 heavy (non-hydrogen) atoms. The molecule has 2 atom stereocenters. The van der Waals surface area contributed by atoms with E-state index in [1.807, 2.05) is 13.8 Å². The van der Waals surface area contributed by atoms with Crippen molar-refractivity contribution in [2.24, 2.45) is 5.92 Å². The molecule has 1 saturated heterocycles. The van der Waals surface area contributed by atoms with Gasteiger partial charge in [-0.1, -0.05) is 13.8 Å². The third-order valence-corrected chi connectivity index (χ3v) is 2.99. The van der Waals surface area contributed by atoms with Crippen LogP contribution in [0.2, 0.25) is 0 Å². The Kier molecular flexibility index (Phi) is 3.94. The Bertz CT molecular complexity index is 244. The fraction of sp³-hybridized carbons (Fsp3) is 0.818. The zero-order chi connectivity index (χ0) is 10.6. The molecule has 1 aliphatic rings. The molecule has 0 spiro atoms. The van der Waals surface area contributed by atoms with Gasteiger partial charge in [-0.3, -0.25) is 4.79 Å². The van der Waals surface area contributed by atoms with E-state index in [9.17, 15) is 4.79 Å². The van der Waals surface area contributed by atoms with Crippen molar-refractivity contribution in [2.45, 2.75) is 45.6 Å². The number of carbonyl (C=O) groups is 1. The summed E-state index contributed by atoms with van der Waals surface area (Å²) in [6, 6.07) is 1.99. The van der Waals surface area contributed by atoms with E-state index in [0.717, 1.165) is 32.2 Å². The molecule has 3 heteroatoms. The summed E-state index contributed by atoms with van der Waals surface area (Å²) in [4.78, 5) is 13.7. The van der Waals surface area contributed by atoms with Gasteiger partial charge in [0.05, 0.1) is 6.07 Å². The first-order chi connectivity index (χ1) is 6.74. The minimum atomic E-state index is -0.211. The molecule has 0 aromatic heterocycles. The molecular formula is C11H18N2O. The van der Waals surface area contributed by atoms with Crippen LogP contribution in [-0.4, -0.2) is 23.4 Å². The summed E-state index contributed by atoms with van der Waals surface area (Å²) in [7, 11) is 0. The second-order valence-electron chi connectivity index (χ2n) is 3.83. The maximum Gasteiger partial charge on any atom is 0.226 e. The van der Waals surface area contributed by atoms with Gasteiger partial charge in [-0.05, 0) is 25.7 Å². The Labute approximate surface area is 85.7 Å². The molecule has 0 aromatic carbocycles. The van der Waals surface area contributed by atoms with Gasteiger partial charge < -0.3 is 4.90 Å². The van der Waals surface area contributed by atoms with E-state index < -0.39 is 0 Å². The summed E-state index contributed by atoms with van der Waals surface area (Å²) in [5.74, 6) is 0.346. The summed E-state index contributed by atoms with van der Waals surface area (Å²) in [6.45, 7) is 4.76. The van der Waals surface area contributed by atoms with Crippen molar-refractivity contribution >= 4 is 5.91 Å². The lowest BCUT2D eigenvalue weighted by Gasteiger charge is -2.34. The van der Waals surface area contributed by atoms with Crippen LogP contribution in [0.25, 0.3) is 0 Å². The maximum atomic E-state index is 11.9.